The van der Waals surface area contributed by atoms with E-state index in [0.717, 1.165) is 17.9 Å². The summed E-state index contributed by atoms with van der Waals surface area (Å²) in [6.45, 7) is 3.79. The Hall–Kier alpha value is -1.91. The van der Waals surface area contributed by atoms with Crippen molar-refractivity contribution in [2.45, 2.75) is 19.6 Å². The van der Waals surface area contributed by atoms with Crippen molar-refractivity contribution in [2.75, 3.05) is 19.7 Å². The third-order valence-corrected chi connectivity index (χ3v) is 3.16. The Bertz CT molecular complexity index is 659. The van der Waals surface area contributed by atoms with E-state index in [2.05, 4.69) is 15.6 Å². The number of halogens is 4. The van der Waals surface area contributed by atoms with Gasteiger partial charge >= 0.3 is 6.18 Å². The first-order valence-corrected chi connectivity index (χ1v) is 7.83. The molecule has 0 atom stereocenters. The molecular weight excluding hydrogens is 462 g/mol. The Morgan fingerprint density at radius 1 is 1.15 bits per heavy atom. The SMILES string of the molecule is CCNC(=NCc1ccco1)NCCOc1ccc(C(F)(F)F)cc1.I. The Morgan fingerprint density at radius 3 is 2.46 bits per heavy atom. The fourth-order valence-electron chi connectivity index (χ4n) is 1.98. The van der Waals surface area contributed by atoms with Crippen LogP contribution in [0.1, 0.15) is 18.2 Å². The maximum absolute atomic E-state index is 12.5. The Morgan fingerprint density at radius 2 is 1.88 bits per heavy atom. The first-order chi connectivity index (χ1) is 12.0. The van der Waals surface area contributed by atoms with Gasteiger partial charge in [0.25, 0.3) is 0 Å². The predicted octanol–water partition coefficient (Wildman–Crippen LogP) is 4.05. The van der Waals surface area contributed by atoms with E-state index in [-0.39, 0.29) is 30.6 Å². The smallest absolute Gasteiger partial charge is 0.416 e. The number of furan rings is 1. The van der Waals surface area contributed by atoms with Gasteiger partial charge in [-0.1, -0.05) is 0 Å². The molecule has 0 radical (unpaired) electrons. The molecule has 0 saturated heterocycles. The van der Waals surface area contributed by atoms with E-state index < -0.39 is 11.7 Å². The summed E-state index contributed by atoms with van der Waals surface area (Å²) in [4.78, 5) is 4.36. The van der Waals surface area contributed by atoms with E-state index in [1.807, 2.05) is 13.0 Å². The standard InChI is InChI=1S/C17H20F3N3O2.HI/c1-2-21-16(23-12-15-4-3-10-24-15)22-9-11-25-14-7-5-13(6-8-14)17(18,19)20;/h3-8,10H,2,9,11-12H2,1H3,(H2,21,22,23);1H. The minimum atomic E-state index is -4.34. The number of guanidine groups is 1. The molecule has 5 nitrogen and oxygen atoms in total. The summed E-state index contributed by atoms with van der Waals surface area (Å²) in [5, 5.41) is 6.17. The Labute approximate surface area is 167 Å². The molecule has 0 spiro atoms. The van der Waals surface area contributed by atoms with Gasteiger partial charge in [0, 0.05) is 6.54 Å². The molecule has 0 aliphatic rings. The number of hydrogen-bond acceptors (Lipinski definition) is 3. The van der Waals surface area contributed by atoms with Gasteiger partial charge in [-0.25, -0.2) is 4.99 Å². The van der Waals surface area contributed by atoms with Gasteiger partial charge in [0.05, 0.1) is 18.4 Å². The highest BCUT2D eigenvalue weighted by Crippen LogP contribution is 2.30. The van der Waals surface area contributed by atoms with Crippen LogP contribution in [0.5, 0.6) is 5.75 Å². The van der Waals surface area contributed by atoms with Crippen LogP contribution in [0.3, 0.4) is 0 Å². The first kappa shape index (κ1) is 22.1. The lowest BCUT2D eigenvalue weighted by Gasteiger charge is -2.12. The van der Waals surface area contributed by atoms with Crippen LogP contribution in [-0.4, -0.2) is 25.7 Å². The number of rotatable bonds is 7. The molecule has 0 bridgehead atoms. The van der Waals surface area contributed by atoms with Crippen LogP contribution in [0.15, 0.2) is 52.1 Å². The first-order valence-electron chi connectivity index (χ1n) is 7.83. The van der Waals surface area contributed by atoms with Crippen LogP contribution >= 0.6 is 24.0 Å². The van der Waals surface area contributed by atoms with Crippen LogP contribution in [0.25, 0.3) is 0 Å². The highest BCUT2D eigenvalue weighted by molar-refractivity contribution is 14.0. The molecule has 2 aromatic rings. The largest absolute Gasteiger partial charge is 0.492 e. The summed E-state index contributed by atoms with van der Waals surface area (Å²) >= 11 is 0. The molecule has 2 N–H and O–H groups in total. The lowest BCUT2D eigenvalue weighted by atomic mass is 10.2. The van der Waals surface area contributed by atoms with Crippen molar-refractivity contribution in [1.82, 2.24) is 10.6 Å². The Balaban J connectivity index is 0.00000338. The summed E-state index contributed by atoms with van der Waals surface area (Å²) in [6.07, 6.45) is -2.76. The van der Waals surface area contributed by atoms with Gasteiger partial charge in [-0.05, 0) is 43.3 Å². The van der Waals surface area contributed by atoms with Crippen LogP contribution in [0.4, 0.5) is 13.2 Å². The Kier molecular flexibility index (Phi) is 9.31. The van der Waals surface area contributed by atoms with Crippen molar-refractivity contribution in [1.29, 1.82) is 0 Å². The molecular formula is C17H21F3IN3O2. The second-order valence-electron chi connectivity index (χ2n) is 5.07. The number of aliphatic imine (C=N–C) groups is 1. The van der Waals surface area contributed by atoms with Gasteiger partial charge in [0.15, 0.2) is 5.96 Å². The molecule has 0 saturated carbocycles. The van der Waals surface area contributed by atoms with Crippen LogP contribution in [0.2, 0.25) is 0 Å². The lowest BCUT2D eigenvalue weighted by Crippen LogP contribution is -2.39. The van der Waals surface area contributed by atoms with Crippen LogP contribution in [0, 0.1) is 0 Å². The van der Waals surface area contributed by atoms with Crippen molar-refractivity contribution in [3.05, 3.63) is 54.0 Å². The zero-order valence-corrected chi connectivity index (χ0v) is 16.5. The van der Waals surface area contributed by atoms with E-state index in [1.54, 1.807) is 12.3 Å². The molecule has 0 fully saturated rings. The average molecular weight is 483 g/mol. The van der Waals surface area contributed by atoms with Crippen molar-refractivity contribution in [3.63, 3.8) is 0 Å². The summed E-state index contributed by atoms with van der Waals surface area (Å²) in [5.41, 5.74) is -0.697. The van der Waals surface area contributed by atoms with E-state index in [0.29, 0.717) is 31.3 Å². The molecule has 2 rings (SSSR count). The number of nitrogens with zero attached hydrogens (tertiary/aromatic N) is 1. The quantitative estimate of drug-likeness (QED) is 0.270. The summed E-state index contributed by atoms with van der Waals surface area (Å²) in [5.74, 6) is 1.74. The maximum atomic E-state index is 12.5. The number of ether oxygens (including phenoxy) is 1. The van der Waals surface area contributed by atoms with Crippen molar-refractivity contribution < 1.29 is 22.3 Å². The summed E-state index contributed by atoms with van der Waals surface area (Å²) in [7, 11) is 0. The van der Waals surface area contributed by atoms with Gasteiger partial charge in [-0.3, -0.25) is 0 Å². The van der Waals surface area contributed by atoms with Crippen LogP contribution in [-0.2, 0) is 12.7 Å². The van der Waals surface area contributed by atoms with Gasteiger partial charge in [-0.15, -0.1) is 24.0 Å². The highest BCUT2D eigenvalue weighted by Gasteiger charge is 2.29. The molecule has 1 aromatic carbocycles. The summed E-state index contributed by atoms with van der Waals surface area (Å²) in [6, 6.07) is 8.23. The van der Waals surface area contributed by atoms with E-state index in [9.17, 15) is 13.2 Å². The fourth-order valence-corrected chi connectivity index (χ4v) is 1.98. The second kappa shape index (κ2) is 10.9. The predicted molar refractivity (Wildman–Crippen MR) is 104 cm³/mol. The molecule has 26 heavy (non-hydrogen) atoms. The van der Waals surface area contributed by atoms with Crippen molar-refractivity contribution >= 4 is 29.9 Å². The lowest BCUT2D eigenvalue weighted by molar-refractivity contribution is -0.137. The van der Waals surface area contributed by atoms with Gasteiger partial charge in [-0.2, -0.15) is 13.2 Å². The molecule has 144 valence electrons. The number of alkyl halides is 3. The third-order valence-electron chi connectivity index (χ3n) is 3.16. The third kappa shape index (κ3) is 7.54. The van der Waals surface area contributed by atoms with Gasteiger partial charge in [0.2, 0.25) is 0 Å². The molecule has 1 aromatic heterocycles. The topological polar surface area (TPSA) is 58.8 Å². The number of hydrogen-bond donors (Lipinski definition) is 2. The highest BCUT2D eigenvalue weighted by atomic mass is 127. The molecule has 0 amide bonds. The molecule has 1 heterocycles. The minimum absolute atomic E-state index is 0. The maximum Gasteiger partial charge on any atom is 0.416 e. The molecule has 0 aliphatic carbocycles. The monoisotopic (exact) mass is 483 g/mol. The van der Waals surface area contributed by atoms with Gasteiger partial charge < -0.3 is 19.8 Å². The summed E-state index contributed by atoms with van der Waals surface area (Å²) < 4.78 is 48.1. The second-order valence-corrected chi connectivity index (χ2v) is 5.07. The average Bonchev–Trinajstić information content (AvgIpc) is 3.09. The number of benzene rings is 1. The molecule has 0 aliphatic heterocycles. The zero-order valence-electron chi connectivity index (χ0n) is 14.2. The molecule has 9 heteroatoms. The van der Waals surface area contributed by atoms with Crippen molar-refractivity contribution in [2.24, 2.45) is 4.99 Å². The van der Waals surface area contributed by atoms with E-state index in [4.69, 9.17) is 9.15 Å². The number of nitrogens with one attached hydrogen (secondary N) is 2. The fraction of sp³-hybridized carbons (Fsp3) is 0.353. The normalized spacial score (nSPS) is 11.6. The molecule has 0 unspecified atom stereocenters. The van der Waals surface area contributed by atoms with E-state index in [1.165, 1.54) is 12.1 Å². The zero-order chi connectivity index (χ0) is 18.1. The van der Waals surface area contributed by atoms with Crippen LogP contribution < -0.4 is 15.4 Å². The van der Waals surface area contributed by atoms with E-state index >= 15 is 0 Å². The van der Waals surface area contributed by atoms with Gasteiger partial charge in [0.1, 0.15) is 24.7 Å². The minimum Gasteiger partial charge on any atom is -0.492 e. The van der Waals surface area contributed by atoms with Crippen molar-refractivity contribution in [3.8, 4) is 5.75 Å².